The fourth-order valence-corrected chi connectivity index (χ4v) is 6.23. The van der Waals surface area contributed by atoms with Gasteiger partial charge in [-0.05, 0) is 54.2 Å². The summed E-state index contributed by atoms with van der Waals surface area (Å²) in [5.41, 5.74) is 7.00. The predicted octanol–water partition coefficient (Wildman–Crippen LogP) is 6.28. The van der Waals surface area contributed by atoms with Crippen LogP contribution < -0.4 is 11.1 Å². The summed E-state index contributed by atoms with van der Waals surface area (Å²) in [6.45, 7) is -0.345. The Bertz CT molecular complexity index is 1190. The maximum absolute atomic E-state index is 15.1. The van der Waals surface area contributed by atoms with Crippen LogP contribution in [-0.2, 0) is 4.79 Å². The van der Waals surface area contributed by atoms with Crippen LogP contribution in [-0.4, -0.2) is 34.7 Å². The molecule has 2 unspecified atom stereocenters. The average Bonchev–Trinajstić information content (AvgIpc) is 2.78. The van der Waals surface area contributed by atoms with E-state index in [-0.39, 0.29) is 40.3 Å². The zero-order valence-electron chi connectivity index (χ0n) is 18.7. The second-order valence-electron chi connectivity index (χ2n) is 7.94. The zero-order valence-corrected chi connectivity index (χ0v) is 22.4. The lowest BCUT2D eigenvalue weighted by Gasteiger charge is -2.26. The molecule has 0 aromatic heterocycles. The van der Waals surface area contributed by atoms with Crippen LogP contribution in [0.25, 0.3) is 5.57 Å². The predicted molar refractivity (Wildman–Crippen MR) is 144 cm³/mol. The summed E-state index contributed by atoms with van der Waals surface area (Å²) in [6.07, 6.45) is 7.73. The largest absolute Gasteiger partial charge is 0.368 e. The van der Waals surface area contributed by atoms with Crippen molar-refractivity contribution in [2.45, 2.75) is 29.4 Å². The van der Waals surface area contributed by atoms with E-state index < -0.39 is 23.8 Å². The van der Waals surface area contributed by atoms with Gasteiger partial charge in [-0.3, -0.25) is 9.59 Å². The highest BCUT2D eigenvalue weighted by molar-refractivity contribution is 14.1. The summed E-state index contributed by atoms with van der Waals surface area (Å²) in [5, 5.41) is 2.81. The molecule has 0 fully saturated rings. The number of nitrogens with two attached hydrogens (primary N) is 1. The van der Waals surface area contributed by atoms with Crippen LogP contribution in [0.3, 0.4) is 0 Å². The monoisotopic (exact) mass is 634 g/mol. The number of hydrogen-bond acceptors (Lipinski definition) is 3. The Morgan fingerprint density at radius 2 is 2.06 bits per heavy atom. The molecule has 4 nitrogen and oxygen atoms in total. The highest BCUT2D eigenvalue weighted by Gasteiger charge is 2.30. The number of amides is 2. The minimum Gasteiger partial charge on any atom is -0.368 e. The number of carbonyl (C=O) groups excluding carboxylic acids is 2. The van der Waals surface area contributed by atoms with Gasteiger partial charge in [0, 0.05) is 43.4 Å². The van der Waals surface area contributed by atoms with Crippen LogP contribution >= 0.6 is 46.0 Å². The molecular formula is C25H23ClF3IN2O2S. The number of thioether (sulfide) groups is 1. The highest BCUT2D eigenvalue weighted by Crippen LogP contribution is 2.46. The van der Waals surface area contributed by atoms with Crippen molar-refractivity contribution in [2.75, 3.05) is 12.8 Å². The van der Waals surface area contributed by atoms with E-state index in [2.05, 4.69) is 27.9 Å². The normalized spacial score (nSPS) is 20.7. The molecule has 10 heteroatoms. The maximum Gasteiger partial charge on any atom is 0.251 e. The molecule has 0 spiro atoms. The molecule has 2 aliphatic rings. The SMILES string of the molecule is CSC1=C(c2cc(C(=O)NCC(N)=O)ccc2F)C(I)CC(F)=C1/C=C/CC1=CC(F)CC(Cl)=C1. The van der Waals surface area contributed by atoms with E-state index in [1.54, 1.807) is 24.5 Å². The molecule has 3 rings (SSSR count). The highest BCUT2D eigenvalue weighted by atomic mass is 127. The van der Waals surface area contributed by atoms with Gasteiger partial charge in [-0.15, -0.1) is 11.8 Å². The summed E-state index contributed by atoms with van der Waals surface area (Å²) in [6, 6.07) is 3.88. The van der Waals surface area contributed by atoms with Gasteiger partial charge in [-0.2, -0.15) is 0 Å². The Balaban J connectivity index is 1.96. The van der Waals surface area contributed by atoms with Crippen LogP contribution in [0.1, 0.15) is 35.2 Å². The van der Waals surface area contributed by atoms with Gasteiger partial charge in [-0.1, -0.05) is 46.3 Å². The molecule has 2 aliphatic carbocycles. The standard InChI is InChI=1S/C25H23ClF3IN2O2S/c1-35-24-17(4-2-3-13-7-15(26)10-16(27)8-13)20(29)11-21(30)23(24)18-9-14(5-6-19(18)28)25(34)32-12-22(31)33/h2,4-9,16,21H,3,10-12H2,1H3,(H2,31,33)(H,32,34)/b4-2+. The molecule has 1 aromatic carbocycles. The van der Waals surface area contributed by atoms with Crippen molar-refractivity contribution in [3.63, 3.8) is 0 Å². The molecular weight excluding hydrogens is 612 g/mol. The van der Waals surface area contributed by atoms with Gasteiger partial charge < -0.3 is 11.1 Å². The smallest absolute Gasteiger partial charge is 0.251 e. The number of nitrogens with one attached hydrogen (secondary N) is 1. The van der Waals surface area contributed by atoms with Crippen LogP contribution in [0.5, 0.6) is 0 Å². The lowest BCUT2D eigenvalue weighted by atomic mass is 9.90. The first kappa shape index (κ1) is 27.6. The van der Waals surface area contributed by atoms with Gasteiger partial charge in [0.05, 0.1) is 6.54 Å². The van der Waals surface area contributed by atoms with Crippen LogP contribution in [0.2, 0.25) is 0 Å². The number of allylic oxidation sites excluding steroid dienone is 9. The summed E-state index contributed by atoms with van der Waals surface area (Å²) < 4.78 is 43.4. The van der Waals surface area contributed by atoms with E-state index in [0.29, 0.717) is 33.1 Å². The zero-order chi connectivity index (χ0) is 25.7. The van der Waals surface area contributed by atoms with Crippen molar-refractivity contribution in [3.05, 3.63) is 86.4 Å². The molecule has 2 atom stereocenters. The molecule has 35 heavy (non-hydrogen) atoms. The van der Waals surface area contributed by atoms with Gasteiger partial charge in [0.25, 0.3) is 5.91 Å². The number of halogens is 5. The van der Waals surface area contributed by atoms with Gasteiger partial charge in [0.2, 0.25) is 5.91 Å². The van der Waals surface area contributed by atoms with Crippen molar-refractivity contribution < 1.29 is 22.8 Å². The molecule has 2 amide bonds. The second kappa shape index (κ2) is 12.3. The lowest BCUT2D eigenvalue weighted by Crippen LogP contribution is -2.33. The molecule has 3 N–H and O–H groups in total. The number of primary amides is 1. The summed E-state index contributed by atoms with van der Waals surface area (Å²) >= 11 is 9.32. The third-order valence-electron chi connectivity index (χ3n) is 5.36. The van der Waals surface area contributed by atoms with Crippen LogP contribution in [0.4, 0.5) is 13.2 Å². The number of rotatable bonds is 8. The molecule has 0 saturated heterocycles. The number of hydrogen-bond donors (Lipinski definition) is 2. The van der Waals surface area contributed by atoms with E-state index >= 15 is 4.39 Å². The van der Waals surface area contributed by atoms with E-state index in [4.69, 9.17) is 17.3 Å². The Hall–Kier alpha value is -1.98. The van der Waals surface area contributed by atoms with Crippen molar-refractivity contribution in [3.8, 4) is 0 Å². The van der Waals surface area contributed by atoms with Gasteiger partial charge >= 0.3 is 0 Å². The van der Waals surface area contributed by atoms with E-state index in [9.17, 15) is 18.4 Å². The van der Waals surface area contributed by atoms with Gasteiger partial charge in [0.15, 0.2) is 0 Å². The first-order valence-electron chi connectivity index (χ1n) is 10.7. The first-order valence-corrected chi connectivity index (χ1v) is 13.5. The fourth-order valence-electron chi connectivity index (χ4n) is 3.82. The minimum absolute atomic E-state index is 0.0537. The summed E-state index contributed by atoms with van der Waals surface area (Å²) in [7, 11) is 0. The molecule has 186 valence electrons. The number of alkyl halides is 2. The Labute approximate surface area is 224 Å². The third kappa shape index (κ3) is 7.04. The quantitative estimate of drug-likeness (QED) is 0.261. The maximum atomic E-state index is 15.1. The van der Waals surface area contributed by atoms with Crippen molar-refractivity contribution in [1.82, 2.24) is 5.32 Å². The van der Waals surface area contributed by atoms with E-state index in [1.165, 1.54) is 36.0 Å². The van der Waals surface area contributed by atoms with E-state index in [0.717, 1.165) is 0 Å². The average molecular weight is 635 g/mol. The molecule has 0 radical (unpaired) electrons. The third-order valence-corrected chi connectivity index (χ3v) is 7.54. The van der Waals surface area contributed by atoms with Gasteiger partial charge in [-0.25, -0.2) is 13.2 Å². The minimum atomic E-state index is -1.15. The number of carbonyl (C=O) groups is 2. The van der Waals surface area contributed by atoms with Crippen LogP contribution in [0, 0.1) is 5.82 Å². The van der Waals surface area contributed by atoms with Crippen molar-refractivity contribution in [1.29, 1.82) is 0 Å². The fraction of sp³-hybridized carbons (Fsp3) is 0.280. The summed E-state index contributed by atoms with van der Waals surface area (Å²) in [4.78, 5) is 23.9. The van der Waals surface area contributed by atoms with Crippen molar-refractivity contribution in [2.24, 2.45) is 5.73 Å². The topological polar surface area (TPSA) is 72.2 Å². The Morgan fingerprint density at radius 3 is 2.71 bits per heavy atom. The lowest BCUT2D eigenvalue weighted by molar-refractivity contribution is -0.117. The van der Waals surface area contributed by atoms with Crippen molar-refractivity contribution >= 4 is 63.3 Å². The Morgan fingerprint density at radius 1 is 1.31 bits per heavy atom. The number of benzene rings is 1. The molecule has 0 heterocycles. The first-order chi connectivity index (χ1) is 16.6. The molecule has 0 bridgehead atoms. The van der Waals surface area contributed by atoms with Crippen LogP contribution in [0.15, 0.2) is 69.4 Å². The summed E-state index contributed by atoms with van der Waals surface area (Å²) in [5.74, 6) is -2.16. The molecule has 0 aliphatic heterocycles. The molecule has 1 aromatic rings. The second-order valence-corrected chi connectivity index (χ2v) is 10.7. The molecule has 0 saturated carbocycles. The Kier molecular flexibility index (Phi) is 9.71. The van der Waals surface area contributed by atoms with E-state index in [1.807, 2.05) is 0 Å². The van der Waals surface area contributed by atoms with Gasteiger partial charge in [0.1, 0.15) is 17.8 Å².